The van der Waals surface area contributed by atoms with Gasteiger partial charge in [-0.2, -0.15) is 0 Å². The number of hydrogen-bond donors (Lipinski definition) is 0. The van der Waals surface area contributed by atoms with E-state index in [4.69, 9.17) is 3.67 Å². The Morgan fingerprint density at radius 1 is 1.60 bits per heavy atom. The van der Waals surface area contributed by atoms with Gasteiger partial charge in [-0.25, -0.2) is 0 Å². The Bertz CT molecular complexity index is 19.1. The van der Waals surface area contributed by atoms with Crippen LogP contribution in [0.15, 0.2) is 0 Å². The molecule has 0 unspecified atom stereocenters. The van der Waals surface area contributed by atoms with Gasteiger partial charge in [0.05, 0.1) is 0 Å². The molecule has 0 rings (SSSR count). The summed E-state index contributed by atoms with van der Waals surface area (Å²) >= 11 is 2.49. The number of rotatable bonds is 0. The molecule has 0 aromatic heterocycles. The van der Waals surface area contributed by atoms with Crippen LogP contribution in [0.3, 0.4) is 0 Å². The molecule has 0 spiro atoms. The van der Waals surface area contributed by atoms with Gasteiger partial charge in [-0.3, -0.25) is 0 Å². The van der Waals surface area contributed by atoms with Crippen molar-refractivity contribution in [3.63, 3.8) is 0 Å². The molecule has 0 saturated heterocycles. The standard InChI is InChI=1S/Co.Li.Na.O.V.2H. The minimum atomic E-state index is -0.875. The molecule has 0 aliphatic rings. The van der Waals surface area contributed by atoms with Gasteiger partial charge in [0.2, 0.25) is 0 Å². The van der Waals surface area contributed by atoms with E-state index in [0.29, 0.717) is 0 Å². The third-order valence-electron chi connectivity index (χ3n) is 0. The molecule has 0 amide bonds. The van der Waals surface area contributed by atoms with Crippen LogP contribution in [0.1, 0.15) is 0 Å². The SMILES string of the molecule is [LiH].[NaH].[O]=[V][Co]. The molecule has 0 atom stereocenters. The molecule has 5 heavy (non-hydrogen) atoms. The van der Waals surface area contributed by atoms with Gasteiger partial charge >= 0.3 is 80.1 Å². The normalized spacial score (nSPS) is 2.80. The molecule has 0 fully saturated rings. The van der Waals surface area contributed by atoms with Gasteiger partial charge in [0.25, 0.3) is 0 Å². The molecule has 0 aliphatic carbocycles. The van der Waals surface area contributed by atoms with Crippen molar-refractivity contribution in [1.82, 2.24) is 0 Å². The van der Waals surface area contributed by atoms with Gasteiger partial charge in [0, 0.05) is 0 Å². The van der Waals surface area contributed by atoms with E-state index in [1.54, 1.807) is 0 Å². The second-order valence-electron chi connectivity index (χ2n) is 0.0609. The average Bonchev–Trinajstić information content (AvgIpc) is 0.918. The molecule has 5 heteroatoms. The van der Waals surface area contributed by atoms with E-state index in [2.05, 4.69) is 13.6 Å². The average molecular weight is 158 g/mol. The van der Waals surface area contributed by atoms with Gasteiger partial charge in [-0.15, -0.1) is 0 Å². The summed E-state index contributed by atoms with van der Waals surface area (Å²) in [6.45, 7) is 0. The summed E-state index contributed by atoms with van der Waals surface area (Å²) in [7, 11) is 0. The van der Waals surface area contributed by atoms with Gasteiger partial charge in [-0.05, 0) is 0 Å². The van der Waals surface area contributed by atoms with Crippen LogP contribution in [-0.2, 0) is 31.7 Å². The van der Waals surface area contributed by atoms with Gasteiger partial charge in [0.1, 0.15) is 0 Å². The molecule has 0 bridgehead atoms. The minimum absolute atomic E-state index is 0. The fourth-order valence-corrected chi connectivity index (χ4v) is 0. The van der Waals surface area contributed by atoms with Crippen LogP contribution in [0.2, 0.25) is 0 Å². The maximum absolute atomic E-state index is 8.89. The summed E-state index contributed by atoms with van der Waals surface area (Å²) < 4.78 is 8.89. The topological polar surface area (TPSA) is 17.1 Å². The van der Waals surface area contributed by atoms with Crippen LogP contribution in [0.5, 0.6) is 0 Å². The molecule has 0 heterocycles. The van der Waals surface area contributed by atoms with Crippen molar-refractivity contribution in [2.75, 3.05) is 0 Å². The first-order chi connectivity index (χ1) is 1.41. The van der Waals surface area contributed by atoms with E-state index >= 15 is 0 Å². The van der Waals surface area contributed by atoms with Crippen molar-refractivity contribution in [2.24, 2.45) is 0 Å². The fourth-order valence-electron chi connectivity index (χ4n) is 0. The van der Waals surface area contributed by atoms with E-state index in [0.717, 1.165) is 0 Å². The Balaban J connectivity index is -0.0000000200. The Labute approximate surface area is 78.8 Å². The molecule has 0 N–H and O–H groups in total. The molecule has 24 valence electrons. The Kier molecular flexibility index (Phi) is 50.3. The quantitative estimate of drug-likeness (QED) is 0.395. The molecule has 0 aromatic rings. The summed E-state index contributed by atoms with van der Waals surface area (Å²) in [4.78, 5) is 0. The first-order valence-electron chi connectivity index (χ1n) is 0.332. The van der Waals surface area contributed by atoms with Gasteiger partial charge < -0.3 is 0 Å². The van der Waals surface area contributed by atoms with Crippen LogP contribution in [0.4, 0.5) is 0 Å². The summed E-state index contributed by atoms with van der Waals surface area (Å²) in [5.41, 5.74) is 0. The summed E-state index contributed by atoms with van der Waals surface area (Å²) in [5, 5.41) is 0. The molecular formula is H2CoLiNaOV. The van der Waals surface area contributed by atoms with Crippen molar-refractivity contribution in [2.45, 2.75) is 0 Å². The number of hydrogen-bond acceptors (Lipinski definition) is 1. The Hall–Kier alpha value is 2.49. The molecule has 0 radical (unpaired) electrons. The van der Waals surface area contributed by atoms with E-state index in [-0.39, 0.29) is 48.4 Å². The van der Waals surface area contributed by atoms with Crippen molar-refractivity contribution in [1.29, 1.82) is 0 Å². The van der Waals surface area contributed by atoms with Crippen molar-refractivity contribution < 1.29 is 31.7 Å². The third kappa shape index (κ3) is 21.1. The Morgan fingerprint density at radius 2 is 1.60 bits per heavy atom. The molecule has 1 nitrogen and oxygen atoms in total. The monoisotopic (exact) mass is 158 g/mol. The van der Waals surface area contributed by atoms with E-state index in [1.807, 2.05) is 0 Å². The molecule has 0 aromatic carbocycles. The predicted molar refractivity (Wildman–Crippen MR) is 15.0 cm³/mol. The predicted octanol–water partition coefficient (Wildman–Crippen LogP) is -1.42. The van der Waals surface area contributed by atoms with E-state index < -0.39 is 14.4 Å². The van der Waals surface area contributed by atoms with Crippen molar-refractivity contribution in [3.05, 3.63) is 0 Å². The second-order valence-corrected chi connectivity index (χ2v) is 1.03. The van der Waals surface area contributed by atoms with Crippen LogP contribution in [-0.4, -0.2) is 48.4 Å². The van der Waals surface area contributed by atoms with Crippen molar-refractivity contribution in [3.8, 4) is 0 Å². The molecule has 0 saturated carbocycles. The van der Waals surface area contributed by atoms with Crippen molar-refractivity contribution >= 4 is 48.4 Å². The zero-order valence-corrected chi connectivity index (χ0v) is 3.63. The fraction of sp³-hybridized carbons (Fsp3) is 0. The summed E-state index contributed by atoms with van der Waals surface area (Å²) in [5.74, 6) is 0. The molecule has 0 aliphatic heterocycles. The second kappa shape index (κ2) is 16.1. The summed E-state index contributed by atoms with van der Waals surface area (Å²) in [6, 6.07) is 0. The van der Waals surface area contributed by atoms with E-state index in [9.17, 15) is 0 Å². The first-order valence-corrected chi connectivity index (χ1v) is 3.29. The van der Waals surface area contributed by atoms with Gasteiger partial charge in [-0.1, -0.05) is 0 Å². The van der Waals surface area contributed by atoms with Crippen LogP contribution < -0.4 is 0 Å². The maximum atomic E-state index is 8.89. The van der Waals surface area contributed by atoms with Gasteiger partial charge in [0.15, 0.2) is 0 Å². The van der Waals surface area contributed by atoms with Crippen LogP contribution >= 0.6 is 0 Å². The van der Waals surface area contributed by atoms with Crippen LogP contribution in [0, 0.1) is 0 Å². The third-order valence-corrected chi connectivity index (χ3v) is 0. The zero-order chi connectivity index (χ0) is 2.71. The van der Waals surface area contributed by atoms with E-state index in [1.165, 1.54) is 0 Å². The zero-order valence-electron chi connectivity index (χ0n) is 1.19. The Morgan fingerprint density at radius 3 is 1.60 bits per heavy atom. The van der Waals surface area contributed by atoms with Crippen LogP contribution in [0.25, 0.3) is 0 Å². The molecular weight excluding hydrogens is 156 g/mol. The first kappa shape index (κ1) is 15.6. The summed E-state index contributed by atoms with van der Waals surface area (Å²) in [6.07, 6.45) is 0.